The minimum atomic E-state index is 0. The molecule has 1 heterocycles. The molecule has 0 radical (unpaired) electrons. The first-order chi connectivity index (χ1) is 12.3. The van der Waals surface area contributed by atoms with Crippen molar-refractivity contribution in [2.45, 2.75) is 31.8 Å². The van der Waals surface area contributed by atoms with Gasteiger partial charge in [0.25, 0.3) is 0 Å². The first kappa shape index (κ1) is 18.3. The van der Waals surface area contributed by atoms with E-state index in [0.717, 1.165) is 46.2 Å². The third-order valence-electron chi connectivity index (χ3n) is 4.90. The average molecular weight is 371 g/mol. The predicted molar refractivity (Wildman–Crippen MR) is 108 cm³/mol. The van der Waals surface area contributed by atoms with Crippen LogP contribution in [0, 0.1) is 0 Å². The van der Waals surface area contributed by atoms with Crippen LogP contribution < -0.4 is 15.2 Å². The normalized spacial score (nSPS) is 14.2. The zero-order valence-corrected chi connectivity index (χ0v) is 15.6. The predicted octanol–water partition coefficient (Wildman–Crippen LogP) is 5.24. The molecule has 1 aromatic heterocycles. The number of nitrogens with zero attached hydrogens (tertiary/aromatic N) is 1. The van der Waals surface area contributed by atoms with Crippen LogP contribution >= 0.6 is 12.4 Å². The largest absolute Gasteiger partial charge is 0.493 e. The maximum atomic E-state index is 6.23. The van der Waals surface area contributed by atoms with Crippen molar-refractivity contribution in [2.24, 2.45) is 0 Å². The second-order valence-corrected chi connectivity index (χ2v) is 6.49. The molecule has 1 saturated carbocycles. The van der Waals surface area contributed by atoms with E-state index in [1.54, 1.807) is 7.11 Å². The van der Waals surface area contributed by atoms with Gasteiger partial charge in [0.15, 0.2) is 11.5 Å². The van der Waals surface area contributed by atoms with Crippen molar-refractivity contribution in [1.29, 1.82) is 0 Å². The van der Waals surface area contributed by atoms with Gasteiger partial charge in [-0.15, -0.1) is 12.4 Å². The number of benzene rings is 2. The highest BCUT2D eigenvalue weighted by molar-refractivity contribution is 6.01. The third-order valence-corrected chi connectivity index (χ3v) is 4.90. The molecule has 1 fully saturated rings. The molecule has 3 aromatic rings. The van der Waals surface area contributed by atoms with Crippen LogP contribution in [0.25, 0.3) is 21.9 Å². The topological polar surface area (TPSA) is 57.4 Å². The fourth-order valence-corrected chi connectivity index (χ4v) is 3.57. The Balaban J connectivity index is 0.00000196. The Hall–Kier alpha value is -2.46. The molecule has 0 bridgehead atoms. The number of ether oxygens (including phenoxy) is 2. The Bertz CT molecular complexity index is 908. The number of methoxy groups -OCH3 is 1. The number of fused-ring (bicyclic) bond motifs is 1. The van der Waals surface area contributed by atoms with Gasteiger partial charge in [-0.25, -0.2) is 4.98 Å². The van der Waals surface area contributed by atoms with E-state index in [1.807, 2.05) is 36.5 Å². The summed E-state index contributed by atoms with van der Waals surface area (Å²) in [5.41, 5.74) is 8.13. The number of pyridine rings is 1. The summed E-state index contributed by atoms with van der Waals surface area (Å²) >= 11 is 0. The Morgan fingerprint density at radius 2 is 1.73 bits per heavy atom. The first-order valence-electron chi connectivity index (χ1n) is 8.74. The lowest BCUT2D eigenvalue weighted by molar-refractivity contribution is 0.201. The number of anilines is 1. The molecule has 0 spiro atoms. The van der Waals surface area contributed by atoms with Gasteiger partial charge in [0.05, 0.1) is 13.2 Å². The minimum absolute atomic E-state index is 0. The quantitative estimate of drug-likeness (QED) is 0.682. The smallest absolute Gasteiger partial charge is 0.162 e. The number of aromatic nitrogens is 1. The molecular weight excluding hydrogens is 348 g/mol. The Morgan fingerprint density at radius 1 is 1.00 bits per heavy atom. The van der Waals surface area contributed by atoms with E-state index in [9.17, 15) is 0 Å². The number of rotatable bonds is 4. The van der Waals surface area contributed by atoms with Gasteiger partial charge < -0.3 is 15.2 Å². The number of hydrogen-bond donors (Lipinski definition) is 1. The summed E-state index contributed by atoms with van der Waals surface area (Å²) in [4.78, 5) is 4.36. The standard InChI is InChI=1S/C21H22N2O2.ClH/c1-24-19-11-10-14(12-20(19)25-15-6-2-3-7-15)18-13-23-21(22)17-9-5-4-8-16(17)18;/h4-5,8-13,15H,2-3,6-7H2,1H3,(H2,22,23);1H. The van der Waals surface area contributed by atoms with Gasteiger partial charge in [0.2, 0.25) is 0 Å². The minimum Gasteiger partial charge on any atom is -0.493 e. The highest BCUT2D eigenvalue weighted by Gasteiger charge is 2.19. The van der Waals surface area contributed by atoms with Crippen molar-refractivity contribution in [3.05, 3.63) is 48.7 Å². The molecule has 2 N–H and O–H groups in total. The van der Waals surface area contributed by atoms with Gasteiger partial charge in [-0.1, -0.05) is 30.3 Å². The second kappa shape index (κ2) is 7.83. The van der Waals surface area contributed by atoms with Crippen molar-refractivity contribution < 1.29 is 9.47 Å². The third kappa shape index (κ3) is 3.42. The van der Waals surface area contributed by atoms with E-state index in [-0.39, 0.29) is 18.5 Å². The number of nitrogen functional groups attached to an aromatic ring is 1. The van der Waals surface area contributed by atoms with Crippen molar-refractivity contribution in [2.75, 3.05) is 12.8 Å². The van der Waals surface area contributed by atoms with Crippen LogP contribution in [0.15, 0.2) is 48.7 Å². The van der Waals surface area contributed by atoms with Gasteiger partial charge in [0.1, 0.15) is 5.82 Å². The van der Waals surface area contributed by atoms with Crippen LogP contribution in [0.1, 0.15) is 25.7 Å². The van der Waals surface area contributed by atoms with Gasteiger partial charge in [-0.2, -0.15) is 0 Å². The van der Waals surface area contributed by atoms with Crippen molar-refractivity contribution in [3.63, 3.8) is 0 Å². The Kier molecular flexibility index (Phi) is 5.52. The maximum Gasteiger partial charge on any atom is 0.162 e. The molecule has 26 heavy (non-hydrogen) atoms. The first-order valence-corrected chi connectivity index (χ1v) is 8.74. The molecule has 136 valence electrons. The van der Waals surface area contributed by atoms with Crippen LogP contribution in [-0.4, -0.2) is 18.2 Å². The van der Waals surface area contributed by atoms with Crippen LogP contribution in [0.2, 0.25) is 0 Å². The molecule has 0 saturated heterocycles. The second-order valence-electron chi connectivity index (χ2n) is 6.49. The zero-order chi connectivity index (χ0) is 17.2. The van der Waals surface area contributed by atoms with E-state index in [2.05, 4.69) is 17.1 Å². The Morgan fingerprint density at radius 3 is 2.46 bits per heavy atom. The lowest BCUT2D eigenvalue weighted by atomic mass is 10.00. The molecule has 1 aliphatic rings. The molecule has 0 atom stereocenters. The SMILES string of the molecule is COc1ccc(-c2cnc(N)c3ccccc23)cc1OC1CCCC1.Cl. The van der Waals surface area contributed by atoms with E-state index in [0.29, 0.717) is 5.82 Å². The molecule has 2 aromatic carbocycles. The van der Waals surface area contributed by atoms with E-state index in [1.165, 1.54) is 12.8 Å². The summed E-state index contributed by atoms with van der Waals surface area (Å²) in [7, 11) is 1.68. The fraction of sp³-hybridized carbons (Fsp3) is 0.286. The average Bonchev–Trinajstić information content (AvgIpc) is 3.15. The zero-order valence-electron chi connectivity index (χ0n) is 14.8. The van der Waals surface area contributed by atoms with Gasteiger partial charge in [-0.3, -0.25) is 0 Å². The Labute approximate surface area is 159 Å². The van der Waals surface area contributed by atoms with Crippen LogP contribution in [-0.2, 0) is 0 Å². The lowest BCUT2D eigenvalue weighted by Gasteiger charge is -2.17. The van der Waals surface area contributed by atoms with Crippen molar-refractivity contribution >= 4 is 29.0 Å². The fourth-order valence-electron chi connectivity index (χ4n) is 3.57. The van der Waals surface area contributed by atoms with Gasteiger partial charge in [0, 0.05) is 17.1 Å². The van der Waals surface area contributed by atoms with Crippen LogP contribution in [0.5, 0.6) is 11.5 Å². The highest BCUT2D eigenvalue weighted by Crippen LogP contribution is 2.37. The number of nitrogens with two attached hydrogens (primary N) is 1. The monoisotopic (exact) mass is 370 g/mol. The molecular formula is C21H23ClN2O2. The summed E-state index contributed by atoms with van der Waals surface area (Å²) < 4.78 is 11.7. The molecule has 0 amide bonds. The van der Waals surface area contributed by atoms with Gasteiger partial charge in [-0.05, 0) is 48.8 Å². The summed E-state index contributed by atoms with van der Waals surface area (Å²) in [6, 6.07) is 14.1. The van der Waals surface area contributed by atoms with Crippen LogP contribution in [0.3, 0.4) is 0 Å². The van der Waals surface area contributed by atoms with Gasteiger partial charge >= 0.3 is 0 Å². The molecule has 1 aliphatic carbocycles. The van der Waals surface area contributed by atoms with Crippen molar-refractivity contribution in [3.8, 4) is 22.6 Å². The summed E-state index contributed by atoms with van der Waals surface area (Å²) in [5, 5.41) is 2.06. The van der Waals surface area contributed by atoms with E-state index in [4.69, 9.17) is 15.2 Å². The molecule has 0 aliphatic heterocycles. The number of hydrogen-bond acceptors (Lipinski definition) is 4. The molecule has 5 heteroatoms. The summed E-state index contributed by atoms with van der Waals surface area (Å²) in [6.45, 7) is 0. The van der Waals surface area contributed by atoms with E-state index >= 15 is 0 Å². The summed E-state index contributed by atoms with van der Waals surface area (Å²) in [5.74, 6) is 2.12. The maximum absolute atomic E-state index is 6.23. The highest BCUT2D eigenvalue weighted by atomic mass is 35.5. The van der Waals surface area contributed by atoms with Crippen molar-refractivity contribution in [1.82, 2.24) is 4.98 Å². The van der Waals surface area contributed by atoms with Crippen LogP contribution in [0.4, 0.5) is 5.82 Å². The number of halogens is 1. The molecule has 0 unspecified atom stereocenters. The lowest BCUT2D eigenvalue weighted by Crippen LogP contribution is -2.11. The molecule has 4 rings (SSSR count). The van der Waals surface area contributed by atoms with E-state index < -0.39 is 0 Å². The summed E-state index contributed by atoms with van der Waals surface area (Å²) in [6.07, 6.45) is 6.81. The molecule has 4 nitrogen and oxygen atoms in total.